The van der Waals surface area contributed by atoms with E-state index in [4.69, 9.17) is 4.74 Å². The van der Waals surface area contributed by atoms with Crippen molar-refractivity contribution in [2.24, 2.45) is 11.8 Å². The molecule has 4 atom stereocenters. The molecular formula is C25H44N6O2. The van der Waals surface area contributed by atoms with Gasteiger partial charge in [0.25, 0.3) is 0 Å². The van der Waals surface area contributed by atoms with E-state index >= 15 is 0 Å². The number of fused-ring (bicyclic) bond motifs is 1. The lowest BCUT2D eigenvalue weighted by molar-refractivity contribution is -0.146. The molecule has 4 aliphatic heterocycles. The van der Waals surface area contributed by atoms with Gasteiger partial charge < -0.3 is 9.64 Å². The number of ether oxygens (including phenoxy) is 1. The lowest BCUT2D eigenvalue weighted by Crippen LogP contribution is -2.68. The third-order valence-electron chi connectivity index (χ3n) is 9.35. The minimum Gasteiger partial charge on any atom is -0.358 e. The molecule has 4 saturated heterocycles. The van der Waals surface area contributed by atoms with Crippen LogP contribution in [0.4, 0.5) is 0 Å². The molecule has 4 heterocycles. The molecule has 6 aliphatic rings. The lowest BCUT2D eigenvalue weighted by Gasteiger charge is -2.50. The third kappa shape index (κ3) is 4.84. The van der Waals surface area contributed by atoms with Crippen LogP contribution in [0.5, 0.6) is 0 Å². The van der Waals surface area contributed by atoms with Gasteiger partial charge in [-0.15, -0.1) is 0 Å². The fourth-order valence-corrected chi connectivity index (χ4v) is 7.20. The number of hydrogen-bond donors (Lipinski definition) is 3. The molecule has 2 saturated carbocycles. The van der Waals surface area contributed by atoms with E-state index in [2.05, 4.69) is 30.7 Å². The number of piperazine rings is 1. The first-order valence-electron chi connectivity index (χ1n) is 13.9. The van der Waals surface area contributed by atoms with Crippen LogP contribution >= 0.6 is 0 Å². The van der Waals surface area contributed by atoms with Gasteiger partial charge in [-0.05, 0) is 57.5 Å². The first kappa shape index (κ1) is 22.7. The number of nitrogens with one attached hydrogen (secondary N) is 3. The molecule has 2 aliphatic carbocycles. The molecule has 33 heavy (non-hydrogen) atoms. The van der Waals surface area contributed by atoms with E-state index < -0.39 is 0 Å². The zero-order chi connectivity index (χ0) is 22.2. The Labute approximate surface area is 199 Å². The van der Waals surface area contributed by atoms with Crippen molar-refractivity contribution in [3.63, 3.8) is 0 Å². The Morgan fingerprint density at radius 2 is 1.55 bits per heavy atom. The maximum Gasteiger partial charge on any atom is 0.225 e. The Kier molecular flexibility index (Phi) is 6.92. The molecule has 0 radical (unpaired) electrons. The van der Waals surface area contributed by atoms with Crippen LogP contribution in [0.25, 0.3) is 0 Å². The van der Waals surface area contributed by atoms with Gasteiger partial charge in [-0.3, -0.25) is 30.5 Å². The van der Waals surface area contributed by atoms with Crippen LogP contribution in [0.1, 0.15) is 57.8 Å². The maximum absolute atomic E-state index is 13.2. The highest BCUT2D eigenvalue weighted by Crippen LogP contribution is 2.37. The van der Waals surface area contributed by atoms with E-state index in [1.807, 2.05) is 0 Å². The molecule has 0 spiro atoms. The number of likely N-dealkylation sites (tertiary alicyclic amines) is 1. The zero-order valence-electron chi connectivity index (χ0n) is 20.2. The minimum atomic E-state index is 0.166. The summed E-state index contributed by atoms with van der Waals surface area (Å²) in [5.74, 6) is 1.24. The van der Waals surface area contributed by atoms with Gasteiger partial charge in [0.05, 0.1) is 6.10 Å². The maximum atomic E-state index is 13.2. The molecule has 0 aromatic carbocycles. The number of rotatable bonds is 4. The second-order valence-electron chi connectivity index (χ2n) is 11.4. The molecule has 4 unspecified atom stereocenters. The zero-order valence-corrected chi connectivity index (χ0v) is 20.2. The van der Waals surface area contributed by atoms with Gasteiger partial charge in [-0.25, -0.2) is 0 Å². The second kappa shape index (κ2) is 10.1. The monoisotopic (exact) mass is 460 g/mol. The number of amides is 1. The minimum absolute atomic E-state index is 0.166. The number of carbonyl (C=O) groups excluding carboxylic acids is 1. The van der Waals surface area contributed by atoms with Crippen molar-refractivity contribution in [3.8, 4) is 0 Å². The van der Waals surface area contributed by atoms with E-state index in [-0.39, 0.29) is 18.2 Å². The van der Waals surface area contributed by atoms with E-state index in [1.54, 1.807) is 0 Å². The Bertz CT molecular complexity index is 668. The van der Waals surface area contributed by atoms with Crippen LogP contribution in [0.15, 0.2) is 0 Å². The molecule has 0 aromatic heterocycles. The summed E-state index contributed by atoms with van der Waals surface area (Å²) in [4.78, 5) is 20.5. The molecule has 6 fully saturated rings. The van der Waals surface area contributed by atoms with Crippen molar-refractivity contribution in [1.29, 1.82) is 0 Å². The molecule has 8 nitrogen and oxygen atoms in total. The van der Waals surface area contributed by atoms with Crippen LogP contribution in [0.2, 0.25) is 0 Å². The van der Waals surface area contributed by atoms with Crippen molar-refractivity contribution in [1.82, 2.24) is 30.7 Å². The second-order valence-corrected chi connectivity index (χ2v) is 11.4. The normalized spacial score (nSPS) is 38.2. The van der Waals surface area contributed by atoms with Crippen LogP contribution in [-0.4, -0.2) is 104 Å². The fourth-order valence-electron chi connectivity index (χ4n) is 7.20. The molecule has 3 N–H and O–H groups in total. The van der Waals surface area contributed by atoms with Crippen LogP contribution in [-0.2, 0) is 9.53 Å². The average Bonchev–Trinajstić information content (AvgIpc) is 3.28. The molecule has 6 rings (SSSR count). The van der Waals surface area contributed by atoms with Gasteiger partial charge in [0, 0.05) is 57.3 Å². The number of nitrogens with zero attached hydrogens (tertiary/aromatic N) is 3. The Morgan fingerprint density at radius 3 is 2.30 bits per heavy atom. The summed E-state index contributed by atoms with van der Waals surface area (Å²) >= 11 is 0. The summed E-state index contributed by atoms with van der Waals surface area (Å²) in [7, 11) is 0. The summed E-state index contributed by atoms with van der Waals surface area (Å²) < 4.78 is 6.49. The summed E-state index contributed by atoms with van der Waals surface area (Å²) in [6, 6.07) is 1.02. The third-order valence-corrected chi connectivity index (χ3v) is 9.35. The highest BCUT2D eigenvalue weighted by atomic mass is 16.5. The van der Waals surface area contributed by atoms with E-state index in [1.165, 1.54) is 38.5 Å². The smallest absolute Gasteiger partial charge is 0.225 e. The molecule has 186 valence electrons. The SMILES string of the molecule is O=C(C1CCC2NC(C3CCCCC3)OC2C1)N1CC(N2CCN(C3NCCCN3)CC2)C1. The van der Waals surface area contributed by atoms with Gasteiger partial charge in [0.15, 0.2) is 0 Å². The summed E-state index contributed by atoms with van der Waals surface area (Å²) in [5, 5.41) is 11.0. The van der Waals surface area contributed by atoms with Gasteiger partial charge in [0.2, 0.25) is 5.91 Å². The number of carbonyl (C=O) groups is 1. The molecular weight excluding hydrogens is 416 g/mol. The summed E-state index contributed by atoms with van der Waals surface area (Å²) in [6.45, 7) is 8.51. The largest absolute Gasteiger partial charge is 0.358 e. The lowest BCUT2D eigenvalue weighted by atomic mass is 9.82. The standard InChI is InChI=1S/C25H44N6O2/c32-24(19-7-8-21-22(15-19)33-23(28-21)18-5-2-1-3-6-18)31-16-20(17-31)29-11-13-30(14-12-29)25-26-9-4-10-27-25/h18-23,25-28H,1-17H2. The predicted molar refractivity (Wildman–Crippen MR) is 127 cm³/mol. The number of hydrogen-bond acceptors (Lipinski definition) is 7. The van der Waals surface area contributed by atoms with Crippen LogP contribution in [0, 0.1) is 11.8 Å². The van der Waals surface area contributed by atoms with E-state index in [9.17, 15) is 4.79 Å². The van der Waals surface area contributed by atoms with Crippen molar-refractivity contribution >= 4 is 5.91 Å². The van der Waals surface area contributed by atoms with Gasteiger partial charge in [0.1, 0.15) is 12.5 Å². The Morgan fingerprint density at radius 1 is 0.818 bits per heavy atom. The average molecular weight is 461 g/mol. The molecule has 1 amide bonds. The first-order valence-corrected chi connectivity index (χ1v) is 13.9. The van der Waals surface area contributed by atoms with Gasteiger partial charge >= 0.3 is 0 Å². The van der Waals surface area contributed by atoms with Gasteiger partial charge in [-0.2, -0.15) is 0 Å². The van der Waals surface area contributed by atoms with Gasteiger partial charge in [-0.1, -0.05) is 19.3 Å². The first-order chi connectivity index (χ1) is 16.2. The topological polar surface area (TPSA) is 72.1 Å². The van der Waals surface area contributed by atoms with Crippen LogP contribution < -0.4 is 16.0 Å². The fraction of sp³-hybridized carbons (Fsp3) is 0.960. The Hall–Kier alpha value is -0.770. The van der Waals surface area contributed by atoms with Crippen molar-refractivity contribution < 1.29 is 9.53 Å². The van der Waals surface area contributed by atoms with Crippen molar-refractivity contribution in [3.05, 3.63) is 0 Å². The van der Waals surface area contributed by atoms with Crippen LogP contribution in [0.3, 0.4) is 0 Å². The molecule has 8 heteroatoms. The molecule has 0 bridgehead atoms. The predicted octanol–water partition coefficient (Wildman–Crippen LogP) is 0.745. The molecule has 0 aromatic rings. The highest BCUT2D eigenvalue weighted by molar-refractivity contribution is 5.80. The van der Waals surface area contributed by atoms with Crippen molar-refractivity contribution in [2.75, 3.05) is 52.4 Å². The van der Waals surface area contributed by atoms with E-state index in [0.29, 0.717) is 30.2 Å². The quantitative estimate of drug-likeness (QED) is 0.572. The Balaban J connectivity index is 0.935. The van der Waals surface area contributed by atoms with Crippen molar-refractivity contribution in [2.45, 2.75) is 88.5 Å². The van der Waals surface area contributed by atoms with E-state index in [0.717, 1.165) is 71.6 Å². The summed E-state index contributed by atoms with van der Waals surface area (Å²) in [6.07, 6.45) is 11.8. The summed E-state index contributed by atoms with van der Waals surface area (Å²) in [5.41, 5.74) is 0. The highest BCUT2D eigenvalue weighted by Gasteiger charge is 2.46.